The molecule has 1 aliphatic heterocycles. The number of hydrogen-bond acceptors (Lipinski definition) is 3. The summed E-state index contributed by atoms with van der Waals surface area (Å²) in [5.41, 5.74) is 1.13. The van der Waals surface area contributed by atoms with E-state index >= 15 is 0 Å². The predicted octanol–water partition coefficient (Wildman–Crippen LogP) is 3.25. The fraction of sp³-hybridized carbons (Fsp3) is 0.579. The van der Waals surface area contributed by atoms with Crippen molar-refractivity contribution in [1.82, 2.24) is 4.90 Å². The van der Waals surface area contributed by atoms with E-state index in [0.717, 1.165) is 43.5 Å². The lowest BCUT2D eigenvalue weighted by molar-refractivity contribution is -0.145. The lowest BCUT2D eigenvalue weighted by atomic mass is 9.80. The number of rotatable bonds is 4. The smallest absolute Gasteiger partial charge is 0.306 e. The van der Waals surface area contributed by atoms with Crippen molar-refractivity contribution in [2.45, 2.75) is 44.6 Å². The number of carboxylic acids is 1. The molecule has 0 radical (unpaired) electrons. The second kappa shape index (κ2) is 7.24. The maximum atomic E-state index is 13.0. The van der Waals surface area contributed by atoms with Crippen molar-refractivity contribution in [2.24, 2.45) is 11.8 Å². The zero-order valence-corrected chi connectivity index (χ0v) is 14.1. The number of likely N-dealkylation sites (tertiary alicyclic amines) is 1. The Balaban J connectivity index is 1.72. The molecule has 130 valence electrons. The fourth-order valence-corrected chi connectivity index (χ4v) is 4.08. The summed E-state index contributed by atoms with van der Waals surface area (Å²) in [4.78, 5) is 26.2. The van der Waals surface area contributed by atoms with Gasteiger partial charge in [-0.15, -0.1) is 0 Å². The van der Waals surface area contributed by atoms with Gasteiger partial charge in [-0.25, -0.2) is 0 Å². The Morgan fingerprint density at radius 1 is 1.08 bits per heavy atom. The molecule has 2 aliphatic rings. The summed E-state index contributed by atoms with van der Waals surface area (Å²) in [6.07, 6.45) is 4.79. The monoisotopic (exact) mass is 331 g/mol. The molecule has 1 heterocycles. The summed E-state index contributed by atoms with van der Waals surface area (Å²) < 4.78 is 5.20. The summed E-state index contributed by atoms with van der Waals surface area (Å²) in [7, 11) is 1.64. The average molecular weight is 331 g/mol. The Kier molecular flexibility index (Phi) is 5.07. The first-order chi connectivity index (χ1) is 11.6. The molecule has 3 rings (SSSR count). The molecule has 5 nitrogen and oxygen atoms in total. The Hall–Kier alpha value is -2.04. The summed E-state index contributed by atoms with van der Waals surface area (Å²) >= 11 is 0. The van der Waals surface area contributed by atoms with Crippen LogP contribution in [0.2, 0.25) is 0 Å². The molecule has 3 unspecified atom stereocenters. The average Bonchev–Trinajstić information content (AvgIpc) is 3.11. The van der Waals surface area contributed by atoms with Crippen LogP contribution >= 0.6 is 0 Å². The van der Waals surface area contributed by atoms with Gasteiger partial charge in [0.25, 0.3) is 0 Å². The molecule has 0 bridgehead atoms. The van der Waals surface area contributed by atoms with Crippen LogP contribution in [0.1, 0.15) is 50.1 Å². The van der Waals surface area contributed by atoms with Crippen molar-refractivity contribution in [3.63, 3.8) is 0 Å². The highest BCUT2D eigenvalue weighted by molar-refractivity contribution is 5.81. The van der Waals surface area contributed by atoms with Gasteiger partial charge in [-0.2, -0.15) is 0 Å². The van der Waals surface area contributed by atoms with Crippen LogP contribution in [0, 0.1) is 11.8 Å². The highest BCUT2D eigenvalue weighted by atomic mass is 16.5. The van der Waals surface area contributed by atoms with Gasteiger partial charge < -0.3 is 14.7 Å². The first kappa shape index (κ1) is 16.8. The van der Waals surface area contributed by atoms with E-state index in [1.165, 1.54) is 0 Å². The second-order valence-corrected chi connectivity index (χ2v) is 6.86. The van der Waals surface area contributed by atoms with Crippen LogP contribution in [0.3, 0.4) is 0 Å². The number of carboxylic acid groups (broad SMARTS) is 1. The van der Waals surface area contributed by atoms with Crippen molar-refractivity contribution in [3.8, 4) is 5.75 Å². The number of aliphatic carboxylic acids is 1. The number of ether oxygens (including phenoxy) is 1. The molecule has 24 heavy (non-hydrogen) atoms. The third kappa shape index (κ3) is 3.40. The molecule has 1 aromatic carbocycles. The third-order valence-corrected chi connectivity index (χ3v) is 5.41. The molecule has 1 saturated heterocycles. The first-order valence-electron chi connectivity index (χ1n) is 8.77. The number of carbonyl (C=O) groups is 2. The predicted molar refractivity (Wildman–Crippen MR) is 89.8 cm³/mol. The molecule has 0 spiro atoms. The van der Waals surface area contributed by atoms with Crippen LogP contribution in [0.5, 0.6) is 5.75 Å². The van der Waals surface area contributed by atoms with Gasteiger partial charge in [-0.1, -0.05) is 18.6 Å². The second-order valence-electron chi connectivity index (χ2n) is 6.86. The van der Waals surface area contributed by atoms with Gasteiger partial charge in [0.1, 0.15) is 5.75 Å². The van der Waals surface area contributed by atoms with Crippen molar-refractivity contribution in [2.75, 3.05) is 13.7 Å². The van der Waals surface area contributed by atoms with Crippen molar-refractivity contribution in [1.29, 1.82) is 0 Å². The zero-order valence-electron chi connectivity index (χ0n) is 14.1. The summed E-state index contributed by atoms with van der Waals surface area (Å²) in [6, 6.07) is 8.01. The molecule has 1 aliphatic carbocycles. The van der Waals surface area contributed by atoms with Gasteiger partial charge in [0.15, 0.2) is 0 Å². The number of carbonyl (C=O) groups excluding carboxylic acids is 1. The zero-order chi connectivity index (χ0) is 17.1. The summed E-state index contributed by atoms with van der Waals surface area (Å²) in [5.74, 6) is -0.320. The van der Waals surface area contributed by atoms with E-state index < -0.39 is 5.97 Å². The van der Waals surface area contributed by atoms with Crippen molar-refractivity contribution in [3.05, 3.63) is 29.8 Å². The molecule has 1 aromatic rings. The van der Waals surface area contributed by atoms with Gasteiger partial charge in [0, 0.05) is 12.5 Å². The molecule has 1 amide bonds. The minimum atomic E-state index is -0.763. The van der Waals surface area contributed by atoms with Gasteiger partial charge in [0.2, 0.25) is 5.91 Å². The number of hydrogen-bond donors (Lipinski definition) is 1. The molecule has 3 atom stereocenters. The van der Waals surface area contributed by atoms with Crippen LogP contribution in [0.4, 0.5) is 0 Å². The fourth-order valence-electron chi connectivity index (χ4n) is 4.08. The molecule has 2 fully saturated rings. The summed E-state index contributed by atoms with van der Waals surface area (Å²) in [5, 5.41) is 9.25. The largest absolute Gasteiger partial charge is 0.497 e. The lowest BCUT2D eigenvalue weighted by Gasteiger charge is -2.32. The van der Waals surface area contributed by atoms with Crippen molar-refractivity contribution >= 4 is 11.9 Å². The quantitative estimate of drug-likeness (QED) is 0.920. The molecular formula is C19H25NO4. The van der Waals surface area contributed by atoms with Crippen LogP contribution in [0.25, 0.3) is 0 Å². The van der Waals surface area contributed by atoms with Gasteiger partial charge in [-0.3, -0.25) is 9.59 Å². The van der Waals surface area contributed by atoms with Gasteiger partial charge in [-0.05, 0) is 49.8 Å². The lowest BCUT2D eigenvalue weighted by Crippen LogP contribution is -2.38. The van der Waals surface area contributed by atoms with E-state index in [9.17, 15) is 14.7 Å². The molecule has 1 N–H and O–H groups in total. The number of methoxy groups -OCH3 is 1. The van der Waals surface area contributed by atoms with Crippen LogP contribution in [-0.4, -0.2) is 35.5 Å². The molecular weight excluding hydrogens is 306 g/mol. The SMILES string of the molecule is COc1ccc(C2CCCN2C(=O)C2CCCC(C(=O)O)C2)cc1. The van der Waals surface area contributed by atoms with E-state index in [4.69, 9.17) is 4.74 Å². The number of nitrogens with zero attached hydrogens (tertiary/aromatic N) is 1. The third-order valence-electron chi connectivity index (χ3n) is 5.41. The molecule has 0 aromatic heterocycles. The first-order valence-corrected chi connectivity index (χ1v) is 8.77. The minimum absolute atomic E-state index is 0.105. The maximum absolute atomic E-state index is 13.0. The maximum Gasteiger partial charge on any atom is 0.306 e. The Morgan fingerprint density at radius 2 is 1.79 bits per heavy atom. The number of amides is 1. The molecule has 1 saturated carbocycles. The Morgan fingerprint density at radius 3 is 2.46 bits per heavy atom. The van der Waals surface area contributed by atoms with E-state index in [2.05, 4.69) is 0 Å². The van der Waals surface area contributed by atoms with Gasteiger partial charge >= 0.3 is 5.97 Å². The Bertz CT molecular complexity index is 598. The van der Waals surface area contributed by atoms with E-state index in [0.29, 0.717) is 12.8 Å². The van der Waals surface area contributed by atoms with Gasteiger partial charge in [0.05, 0.1) is 19.1 Å². The summed E-state index contributed by atoms with van der Waals surface area (Å²) in [6.45, 7) is 0.768. The van der Waals surface area contributed by atoms with E-state index in [-0.39, 0.29) is 23.8 Å². The Labute approximate surface area is 142 Å². The standard InChI is InChI=1S/C19H25NO4/c1-24-16-9-7-13(8-10-16)17-6-3-11-20(17)18(21)14-4-2-5-15(12-14)19(22)23/h7-10,14-15,17H,2-6,11-12H2,1H3,(H,22,23). The van der Waals surface area contributed by atoms with Crippen LogP contribution in [0.15, 0.2) is 24.3 Å². The van der Waals surface area contributed by atoms with Crippen molar-refractivity contribution < 1.29 is 19.4 Å². The highest BCUT2D eigenvalue weighted by Gasteiger charge is 2.37. The van der Waals surface area contributed by atoms with E-state index in [1.54, 1.807) is 7.11 Å². The van der Waals surface area contributed by atoms with E-state index in [1.807, 2.05) is 29.2 Å². The molecule has 5 heteroatoms. The number of benzene rings is 1. The normalized spacial score (nSPS) is 27.0. The topological polar surface area (TPSA) is 66.8 Å². The van der Waals surface area contributed by atoms with Crippen LogP contribution in [-0.2, 0) is 9.59 Å². The minimum Gasteiger partial charge on any atom is -0.497 e. The van der Waals surface area contributed by atoms with Crippen LogP contribution < -0.4 is 4.74 Å². The highest BCUT2D eigenvalue weighted by Crippen LogP contribution is 2.37.